The molecule has 3 rings (SSSR count). The normalized spacial score (nSPS) is 10.9. The summed E-state index contributed by atoms with van der Waals surface area (Å²) in [5.74, 6) is 0.715. The third-order valence-electron chi connectivity index (χ3n) is 3.20. The van der Waals surface area contributed by atoms with Crippen molar-refractivity contribution in [1.29, 1.82) is 0 Å². The van der Waals surface area contributed by atoms with Crippen LogP contribution in [0.15, 0.2) is 41.6 Å². The van der Waals surface area contributed by atoms with Crippen molar-refractivity contribution >= 4 is 16.7 Å². The molecule has 2 N–H and O–H groups in total. The molecule has 108 valence electrons. The predicted molar refractivity (Wildman–Crippen MR) is 79.1 cm³/mol. The zero-order valence-corrected chi connectivity index (χ0v) is 11.6. The molecular weight excluding hydrogens is 270 g/mol. The highest BCUT2D eigenvalue weighted by atomic mass is 16.5. The van der Waals surface area contributed by atoms with Gasteiger partial charge in [0.25, 0.3) is 5.56 Å². The fraction of sp³-hybridized carbons (Fsp3) is 0.214. The van der Waals surface area contributed by atoms with Crippen LogP contribution < -0.4 is 16.0 Å². The van der Waals surface area contributed by atoms with Gasteiger partial charge in [0.1, 0.15) is 24.1 Å². The van der Waals surface area contributed by atoms with Crippen LogP contribution in [0.5, 0.6) is 5.75 Å². The number of ether oxygens (including phenoxy) is 1. The van der Waals surface area contributed by atoms with Crippen LogP contribution in [-0.2, 0) is 13.6 Å². The number of nitrogens with zero attached hydrogens (tertiary/aromatic N) is 4. The van der Waals surface area contributed by atoms with Gasteiger partial charge < -0.3 is 10.5 Å². The van der Waals surface area contributed by atoms with E-state index in [0.717, 1.165) is 0 Å². The molecule has 2 aromatic heterocycles. The van der Waals surface area contributed by atoms with E-state index in [4.69, 9.17) is 10.5 Å². The number of rotatable bonds is 4. The molecule has 0 atom stereocenters. The van der Waals surface area contributed by atoms with E-state index in [1.807, 2.05) is 0 Å². The first-order valence-corrected chi connectivity index (χ1v) is 6.50. The van der Waals surface area contributed by atoms with E-state index >= 15 is 0 Å². The number of hydrogen-bond acceptors (Lipinski definition) is 5. The van der Waals surface area contributed by atoms with Gasteiger partial charge in [0.2, 0.25) is 0 Å². The van der Waals surface area contributed by atoms with Crippen molar-refractivity contribution in [3.8, 4) is 5.75 Å². The van der Waals surface area contributed by atoms with E-state index in [1.54, 1.807) is 36.0 Å². The summed E-state index contributed by atoms with van der Waals surface area (Å²) in [6.07, 6.45) is 3.04. The second-order valence-corrected chi connectivity index (χ2v) is 4.67. The second kappa shape index (κ2) is 5.28. The molecule has 7 nitrogen and oxygen atoms in total. The van der Waals surface area contributed by atoms with Crippen LogP contribution in [0.4, 0.5) is 5.69 Å². The van der Waals surface area contributed by atoms with Crippen LogP contribution in [0.1, 0.15) is 0 Å². The fourth-order valence-electron chi connectivity index (χ4n) is 2.05. The van der Waals surface area contributed by atoms with E-state index in [2.05, 4.69) is 10.1 Å². The van der Waals surface area contributed by atoms with Crippen molar-refractivity contribution in [3.63, 3.8) is 0 Å². The van der Waals surface area contributed by atoms with Crippen molar-refractivity contribution in [3.05, 3.63) is 47.1 Å². The molecule has 0 bridgehead atoms. The lowest BCUT2D eigenvalue weighted by molar-refractivity contribution is 0.296. The lowest BCUT2D eigenvalue weighted by Gasteiger charge is -2.08. The third-order valence-corrected chi connectivity index (χ3v) is 3.20. The zero-order valence-electron chi connectivity index (χ0n) is 11.6. The molecular formula is C14H15N5O2. The largest absolute Gasteiger partial charge is 0.492 e. The smallest absolute Gasteiger partial charge is 0.264 e. The van der Waals surface area contributed by atoms with Crippen molar-refractivity contribution in [1.82, 2.24) is 19.3 Å². The molecule has 3 aromatic rings. The molecule has 0 spiro atoms. The summed E-state index contributed by atoms with van der Waals surface area (Å²) in [5, 5.41) is 4.54. The summed E-state index contributed by atoms with van der Waals surface area (Å²) in [5.41, 5.74) is 6.75. The lowest BCUT2D eigenvalue weighted by atomic mass is 10.3. The first kappa shape index (κ1) is 13.2. The number of nitrogens with two attached hydrogens (primary N) is 1. The Bertz CT molecular complexity index is 819. The van der Waals surface area contributed by atoms with Gasteiger partial charge in [-0.25, -0.2) is 4.98 Å². The molecule has 0 saturated heterocycles. The van der Waals surface area contributed by atoms with Gasteiger partial charge >= 0.3 is 0 Å². The predicted octanol–water partition coefficient (Wildman–Crippen LogP) is 0.791. The summed E-state index contributed by atoms with van der Waals surface area (Å²) in [6, 6.07) is 7.12. The first-order chi connectivity index (χ1) is 10.1. The molecule has 0 aliphatic heterocycles. The minimum absolute atomic E-state index is 0.117. The molecule has 0 aliphatic rings. The highest BCUT2D eigenvalue weighted by Crippen LogP contribution is 2.12. The molecule has 0 unspecified atom stereocenters. The van der Waals surface area contributed by atoms with Gasteiger partial charge in [0, 0.05) is 12.7 Å². The number of fused-ring (bicyclic) bond motifs is 1. The maximum atomic E-state index is 12.2. The Kier molecular flexibility index (Phi) is 3.31. The van der Waals surface area contributed by atoms with Crippen molar-refractivity contribution in [2.24, 2.45) is 7.05 Å². The number of aromatic nitrogens is 4. The summed E-state index contributed by atoms with van der Waals surface area (Å²) >= 11 is 0. The van der Waals surface area contributed by atoms with Crippen LogP contribution in [0.2, 0.25) is 0 Å². The lowest BCUT2D eigenvalue weighted by Crippen LogP contribution is -2.23. The number of aryl methyl sites for hydroxylation is 1. The molecule has 0 aliphatic carbocycles. The van der Waals surface area contributed by atoms with E-state index in [-0.39, 0.29) is 5.56 Å². The molecule has 7 heteroatoms. The number of hydrogen-bond donors (Lipinski definition) is 1. The average Bonchev–Trinajstić information content (AvgIpc) is 2.86. The Labute approximate surface area is 120 Å². The highest BCUT2D eigenvalue weighted by molar-refractivity contribution is 5.72. The minimum Gasteiger partial charge on any atom is -0.492 e. The number of anilines is 1. The Morgan fingerprint density at radius 3 is 2.81 bits per heavy atom. The Morgan fingerprint density at radius 2 is 2.05 bits per heavy atom. The quantitative estimate of drug-likeness (QED) is 0.716. The molecule has 21 heavy (non-hydrogen) atoms. The van der Waals surface area contributed by atoms with Gasteiger partial charge in [-0.1, -0.05) is 0 Å². The van der Waals surface area contributed by atoms with E-state index in [9.17, 15) is 4.79 Å². The van der Waals surface area contributed by atoms with E-state index in [0.29, 0.717) is 35.6 Å². The topological polar surface area (TPSA) is 88.0 Å². The molecule has 0 fully saturated rings. The number of nitrogen functional groups attached to an aromatic ring is 1. The Morgan fingerprint density at radius 1 is 1.29 bits per heavy atom. The monoisotopic (exact) mass is 285 g/mol. The maximum absolute atomic E-state index is 12.2. The molecule has 1 aromatic carbocycles. The molecule has 0 radical (unpaired) electrons. The van der Waals surface area contributed by atoms with E-state index in [1.165, 1.54) is 17.1 Å². The van der Waals surface area contributed by atoms with Crippen molar-refractivity contribution < 1.29 is 4.74 Å². The summed E-state index contributed by atoms with van der Waals surface area (Å²) in [7, 11) is 1.75. The maximum Gasteiger partial charge on any atom is 0.264 e. The van der Waals surface area contributed by atoms with Crippen molar-refractivity contribution in [2.45, 2.75) is 6.54 Å². The van der Waals surface area contributed by atoms with Gasteiger partial charge in [0.15, 0.2) is 5.65 Å². The average molecular weight is 285 g/mol. The van der Waals surface area contributed by atoms with Gasteiger partial charge in [-0.05, 0) is 24.3 Å². The minimum atomic E-state index is -0.117. The van der Waals surface area contributed by atoms with Crippen LogP contribution in [0, 0.1) is 0 Å². The van der Waals surface area contributed by atoms with Crippen LogP contribution >= 0.6 is 0 Å². The van der Waals surface area contributed by atoms with Crippen LogP contribution in [0.25, 0.3) is 11.0 Å². The van der Waals surface area contributed by atoms with Gasteiger partial charge in [-0.15, -0.1) is 0 Å². The SMILES string of the molecule is Cn1ncc2c(=O)n(CCOc3ccc(N)cc3)cnc21. The van der Waals surface area contributed by atoms with Gasteiger partial charge in [-0.2, -0.15) is 5.10 Å². The molecule has 0 amide bonds. The second-order valence-electron chi connectivity index (χ2n) is 4.67. The zero-order chi connectivity index (χ0) is 14.8. The fourth-order valence-corrected chi connectivity index (χ4v) is 2.05. The molecule has 2 heterocycles. The molecule has 0 saturated carbocycles. The van der Waals surface area contributed by atoms with Crippen LogP contribution in [0.3, 0.4) is 0 Å². The van der Waals surface area contributed by atoms with Gasteiger partial charge in [0.05, 0.1) is 12.7 Å². The Balaban J connectivity index is 1.72. The first-order valence-electron chi connectivity index (χ1n) is 6.50. The van der Waals surface area contributed by atoms with Crippen molar-refractivity contribution in [2.75, 3.05) is 12.3 Å². The highest BCUT2D eigenvalue weighted by Gasteiger charge is 2.07. The van der Waals surface area contributed by atoms with E-state index < -0.39 is 0 Å². The summed E-state index contributed by atoms with van der Waals surface area (Å²) in [4.78, 5) is 16.5. The standard InChI is InChI=1S/C14H15N5O2/c1-18-13-12(8-17-18)14(20)19(9-16-13)6-7-21-11-4-2-10(15)3-5-11/h2-5,8-9H,6-7,15H2,1H3. The van der Waals surface area contributed by atoms with Gasteiger partial charge in [-0.3, -0.25) is 14.0 Å². The summed E-state index contributed by atoms with van der Waals surface area (Å²) < 4.78 is 8.66. The number of benzene rings is 1. The third kappa shape index (κ3) is 2.58. The Hall–Kier alpha value is -2.83. The summed E-state index contributed by atoms with van der Waals surface area (Å²) in [6.45, 7) is 0.790. The van der Waals surface area contributed by atoms with Crippen LogP contribution in [-0.4, -0.2) is 25.9 Å².